The number of benzene rings is 1. The van der Waals surface area contributed by atoms with Gasteiger partial charge >= 0.3 is 0 Å². The molecule has 2 rings (SSSR count). The maximum atomic E-state index is 5.99. The number of hydrogen-bond donors (Lipinski definition) is 1. The number of halogens is 1. The fourth-order valence-corrected chi connectivity index (χ4v) is 2.11. The van der Waals surface area contributed by atoms with Crippen LogP contribution in [0.1, 0.15) is 12.5 Å². The van der Waals surface area contributed by atoms with Crippen LogP contribution in [0.4, 0.5) is 5.82 Å². The van der Waals surface area contributed by atoms with Crippen LogP contribution < -0.4 is 5.73 Å². The van der Waals surface area contributed by atoms with E-state index in [-0.39, 0.29) is 0 Å². The number of hydrogen-bond acceptors (Lipinski definition) is 2. The van der Waals surface area contributed by atoms with Crippen molar-refractivity contribution in [3.63, 3.8) is 0 Å². The predicted molar refractivity (Wildman–Crippen MR) is 62.3 cm³/mol. The third kappa shape index (κ3) is 1.21. The van der Waals surface area contributed by atoms with Crippen molar-refractivity contribution in [1.82, 2.24) is 9.78 Å². The quantitative estimate of drug-likeness (QED) is 0.850. The van der Waals surface area contributed by atoms with Crippen LogP contribution in [0.2, 0.25) is 0 Å². The molecule has 74 valence electrons. The SMILES string of the molecule is CCn1nc2c(C)ccc(Br)c2c1N. The van der Waals surface area contributed by atoms with Crippen molar-refractivity contribution in [1.29, 1.82) is 0 Å². The van der Waals surface area contributed by atoms with Crippen LogP contribution in [0.15, 0.2) is 16.6 Å². The Balaban J connectivity index is 2.90. The van der Waals surface area contributed by atoms with Gasteiger partial charge in [0.05, 0.1) is 10.9 Å². The average molecular weight is 254 g/mol. The summed E-state index contributed by atoms with van der Waals surface area (Å²) in [5, 5.41) is 5.47. The third-order valence-corrected chi connectivity index (χ3v) is 3.04. The molecule has 2 N–H and O–H groups in total. The maximum Gasteiger partial charge on any atom is 0.130 e. The van der Waals surface area contributed by atoms with E-state index in [1.807, 2.05) is 30.7 Å². The van der Waals surface area contributed by atoms with Gasteiger partial charge in [0.2, 0.25) is 0 Å². The standard InChI is InChI=1S/C10H12BrN3/c1-3-14-10(12)8-7(11)5-4-6(2)9(8)13-14/h4-5H,3,12H2,1-2H3. The first-order valence-electron chi connectivity index (χ1n) is 4.56. The van der Waals surface area contributed by atoms with Crippen LogP contribution in [0, 0.1) is 6.92 Å². The number of aryl methyl sites for hydroxylation is 2. The summed E-state index contributed by atoms with van der Waals surface area (Å²) in [4.78, 5) is 0. The van der Waals surface area contributed by atoms with Gasteiger partial charge in [-0.2, -0.15) is 5.10 Å². The summed E-state index contributed by atoms with van der Waals surface area (Å²) in [6, 6.07) is 4.05. The summed E-state index contributed by atoms with van der Waals surface area (Å²) in [6.07, 6.45) is 0. The molecule has 1 aromatic heterocycles. The van der Waals surface area contributed by atoms with E-state index >= 15 is 0 Å². The van der Waals surface area contributed by atoms with Crippen LogP contribution >= 0.6 is 15.9 Å². The van der Waals surface area contributed by atoms with Gasteiger partial charge in [-0.25, -0.2) is 4.68 Å². The lowest BCUT2D eigenvalue weighted by Crippen LogP contribution is -2.01. The lowest BCUT2D eigenvalue weighted by atomic mass is 10.1. The number of aromatic nitrogens is 2. The maximum absolute atomic E-state index is 5.99. The average Bonchev–Trinajstić information content (AvgIpc) is 2.51. The van der Waals surface area contributed by atoms with Gasteiger partial charge in [0.15, 0.2) is 0 Å². The second-order valence-electron chi connectivity index (χ2n) is 3.29. The summed E-state index contributed by atoms with van der Waals surface area (Å²) >= 11 is 3.49. The van der Waals surface area contributed by atoms with Crippen LogP contribution in [0.25, 0.3) is 10.9 Å². The molecule has 3 nitrogen and oxygen atoms in total. The number of rotatable bonds is 1. The Morgan fingerprint density at radius 3 is 2.79 bits per heavy atom. The van der Waals surface area contributed by atoms with E-state index in [1.54, 1.807) is 0 Å². The molecular weight excluding hydrogens is 242 g/mol. The Morgan fingerprint density at radius 2 is 2.21 bits per heavy atom. The largest absolute Gasteiger partial charge is 0.383 e. The lowest BCUT2D eigenvalue weighted by Gasteiger charge is -1.98. The number of nitrogens with zero attached hydrogens (tertiary/aromatic N) is 2. The monoisotopic (exact) mass is 253 g/mol. The first-order valence-corrected chi connectivity index (χ1v) is 5.35. The predicted octanol–water partition coefficient (Wildman–Crippen LogP) is 2.71. The van der Waals surface area contributed by atoms with Crippen molar-refractivity contribution in [2.75, 3.05) is 5.73 Å². The summed E-state index contributed by atoms with van der Waals surface area (Å²) < 4.78 is 2.83. The van der Waals surface area contributed by atoms with E-state index in [0.717, 1.165) is 33.3 Å². The molecule has 0 aliphatic rings. The number of nitrogens with two attached hydrogens (primary N) is 1. The van der Waals surface area contributed by atoms with Crippen molar-refractivity contribution in [2.45, 2.75) is 20.4 Å². The van der Waals surface area contributed by atoms with Crippen LogP contribution in [0.5, 0.6) is 0 Å². The molecule has 0 aliphatic carbocycles. The van der Waals surface area contributed by atoms with E-state index in [2.05, 4.69) is 21.0 Å². The summed E-state index contributed by atoms with van der Waals surface area (Å²) in [5.41, 5.74) is 8.13. The second-order valence-corrected chi connectivity index (χ2v) is 4.14. The molecule has 0 fully saturated rings. The highest BCUT2D eigenvalue weighted by atomic mass is 79.9. The molecule has 1 heterocycles. The normalized spacial score (nSPS) is 11.1. The molecule has 0 aliphatic heterocycles. The Hall–Kier alpha value is -1.03. The van der Waals surface area contributed by atoms with Gasteiger partial charge in [-0.1, -0.05) is 6.07 Å². The van der Waals surface area contributed by atoms with Crippen LogP contribution in [0.3, 0.4) is 0 Å². The molecule has 0 saturated carbocycles. The third-order valence-electron chi connectivity index (χ3n) is 2.38. The smallest absolute Gasteiger partial charge is 0.130 e. The molecule has 4 heteroatoms. The molecule has 0 atom stereocenters. The first kappa shape index (κ1) is 9.52. The molecule has 0 saturated heterocycles. The number of fused-ring (bicyclic) bond motifs is 1. The Bertz CT molecular complexity index is 488. The minimum absolute atomic E-state index is 0.734. The number of nitrogen functional groups attached to an aromatic ring is 1. The Morgan fingerprint density at radius 1 is 1.50 bits per heavy atom. The highest BCUT2D eigenvalue weighted by molar-refractivity contribution is 9.10. The molecule has 0 bridgehead atoms. The van der Waals surface area contributed by atoms with Gasteiger partial charge in [0.25, 0.3) is 0 Å². The van der Waals surface area contributed by atoms with Gasteiger partial charge in [-0.3, -0.25) is 0 Å². The molecule has 0 radical (unpaired) electrons. The highest BCUT2D eigenvalue weighted by Crippen LogP contribution is 2.30. The zero-order valence-corrected chi connectivity index (χ0v) is 9.80. The lowest BCUT2D eigenvalue weighted by molar-refractivity contribution is 0.677. The second kappa shape index (κ2) is 3.28. The molecule has 0 unspecified atom stereocenters. The van der Waals surface area contributed by atoms with Crippen LogP contribution in [-0.2, 0) is 6.54 Å². The van der Waals surface area contributed by atoms with E-state index in [9.17, 15) is 0 Å². The first-order chi connectivity index (χ1) is 6.65. The fraction of sp³-hybridized carbons (Fsp3) is 0.300. The topological polar surface area (TPSA) is 43.8 Å². The molecule has 1 aromatic carbocycles. The van der Waals surface area contributed by atoms with Gasteiger partial charge in [0, 0.05) is 11.0 Å². The fourth-order valence-electron chi connectivity index (χ4n) is 1.59. The minimum atomic E-state index is 0.734. The van der Waals surface area contributed by atoms with E-state index in [1.165, 1.54) is 0 Å². The molecule has 2 aromatic rings. The van der Waals surface area contributed by atoms with Crippen molar-refractivity contribution in [3.05, 3.63) is 22.2 Å². The van der Waals surface area contributed by atoms with Crippen molar-refractivity contribution in [3.8, 4) is 0 Å². The molecular formula is C10H12BrN3. The summed E-state index contributed by atoms with van der Waals surface area (Å²) in [7, 11) is 0. The van der Waals surface area contributed by atoms with E-state index < -0.39 is 0 Å². The molecule has 14 heavy (non-hydrogen) atoms. The van der Waals surface area contributed by atoms with Gasteiger partial charge in [0.1, 0.15) is 5.82 Å². The van der Waals surface area contributed by atoms with Gasteiger partial charge in [-0.05, 0) is 41.4 Å². The molecule has 0 amide bonds. The minimum Gasteiger partial charge on any atom is -0.383 e. The zero-order chi connectivity index (χ0) is 10.3. The van der Waals surface area contributed by atoms with Crippen molar-refractivity contribution in [2.24, 2.45) is 0 Å². The van der Waals surface area contributed by atoms with Crippen molar-refractivity contribution < 1.29 is 0 Å². The highest BCUT2D eigenvalue weighted by Gasteiger charge is 2.11. The Kier molecular flexibility index (Phi) is 2.23. The zero-order valence-electron chi connectivity index (χ0n) is 8.21. The number of anilines is 1. The van der Waals surface area contributed by atoms with Crippen molar-refractivity contribution >= 4 is 32.7 Å². The Labute approximate surface area is 91.0 Å². The summed E-state index contributed by atoms with van der Waals surface area (Å²) in [6.45, 7) is 4.87. The van der Waals surface area contributed by atoms with Gasteiger partial charge < -0.3 is 5.73 Å². The molecule has 0 spiro atoms. The van der Waals surface area contributed by atoms with Gasteiger partial charge in [-0.15, -0.1) is 0 Å². The van der Waals surface area contributed by atoms with E-state index in [4.69, 9.17) is 5.73 Å². The van der Waals surface area contributed by atoms with E-state index in [0.29, 0.717) is 0 Å². The van der Waals surface area contributed by atoms with Crippen LogP contribution in [-0.4, -0.2) is 9.78 Å². The summed E-state index contributed by atoms with van der Waals surface area (Å²) in [5.74, 6) is 0.734.